The largest absolute Gasteiger partial charge is 0.395 e. The highest BCUT2D eigenvalue weighted by Crippen LogP contribution is 2.12. The molecule has 2 unspecified atom stereocenters. The van der Waals surface area contributed by atoms with Gasteiger partial charge < -0.3 is 21.1 Å². The number of β-amino-alcohol motifs (C(OH)–C–C–N with tert-alkyl or cyclic N) is 1. The molecule has 6 nitrogen and oxygen atoms in total. The predicted molar refractivity (Wildman–Crippen MR) is 48.8 cm³/mol. The molecule has 2 fully saturated rings. The van der Waals surface area contributed by atoms with Gasteiger partial charge in [-0.1, -0.05) is 0 Å². The van der Waals surface area contributed by atoms with Gasteiger partial charge >= 0.3 is 6.03 Å². The van der Waals surface area contributed by atoms with Crippen LogP contribution in [0.3, 0.4) is 0 Å². The van der Waals surface area contributed by atoms with Gasteiger partial charge in [-0.2, -0.15) is 0 Å². The van der Waals surface area contributed by atoms with E-state index in [1.807, 2.05) is 0 Å². The average Bonchev–Trinajstić information content (AvgIpc) is 2.52. The molecular formula is C6H10N4O2S. The molecule has 0 spiro atoms. The molecular weight excluding hydrogens is 192 g/mol. The zero-order valence-electron chi connectivity index (χ0n) is 6.78. The maximum absolute atomic E-state index is 11.3. The van der Waals surface area contributed by atoms with Crippen molar-refractivity contribution in [2.45, 2.75) is 12.3 Å². The molecule has 0 aromatic carbocycles. The van der Waals surface area contributed by atoms with Crippen molar-refractivity contribution in [1.29, 1.82) is 0 Å². The van der Waals surface area contributed by atoms with Crippen LogP contribution in [-0.2, 0) is 0 Å². The molecule has 2 heterocycles. The fourth-order valence-electron chi connectivity index (χ4n) is 1.54. The van der Waals surface area contributed by atoms with Crippen molar-refractivity contribution in [2.75, 3.05) is 13.2 Å². The third-order valence-electron chi connectivity index (χ3n) is 2.10. The smallest absolute Gasteiger partial charge is 0.320 e. The van der Waals surface area contributed by atoms with Gasteiger partial charge in [0.2, 0.25) is 0 Å². The maximum Gasteiger partial charge on any atom is 0.320 e. The predicted octanol–water partition coefficient (Wildman–Crippen LogP) is -1.87. The monoisotopic (exact) mass is 202 g/mol. The number of urea groups is 1. The number of hydrogen-bond acceptors (Lipinski definition) is 3. The molecule has 0 aromatic heterocycles. The number of aliphatic hydroxyl groups excluding tert-OH is 1. The minimum absolute atomic E-state index is 0.0505. The standard InChI is InChI=1S/C6H10N4O2S/c11-2-1-10-4-3(8-6(10)12)7-5(13)9-4/h3-4,11H,1-2H2,(H,8,12)(H2,7,9,13). The fraction of sp³-hybridized carbons (Fsp3) is 0.667. The normalized spacial score (nSPS) is 31.0. The lowest BCUT2D eigenvalue weighted by Gasteiger charge is -2.19. The Bertz CT molecular complexity index is 259. The van der Waals surface area contributed by atoms with Crippen molar-refractivity contribution in [1.82, 2.24) is 20.9 Å². The van der Waals surface area contributed by atoms with Crippen LogP contribution in [0.25, 0.3) is 0 Å². The van der Waals surface area contributed by atoms with Crippen LogP contribution >= 0.6 is 12.2 Å². The third kappa shape index (κ3) is 1.29. The van der Waals surface area contributed by atoms with Crippen molar-refractivity contribution in [3.63, 3.8) is 0 Å². The second kappa shape index (κ2) is 3.00. The Morgan fingerprint density at radius 3 is 2.92 bits per heavy atom. The van der Waals surface area contributed by atoms with E-state index in [1.54, 1.807) is 0 Å². The van der Waals surface area contributed by atoms with E-state index in [0.717, 1.165) is 0 Å². The van der Waals surface area contributed by atoms with Gasteiger partial charge in [0.1, 0.15) is 12.3 Å². The Morgan fingerprint density at radius 1 is 1.46 bits per heavy atom. The summed E-state index contributed by atoms with van der Waals surface area (Å²) >= 11 is 4.89. The molecule has 4 N–H and O–H groups in total. The van der Waals surface area contributed by atoms with Gasteiger partial charge in [0.05, 0.1) is 6.61 Å². The van der Waals surface area contributed by atoms with Crippen molar-refractivity contribution in [3.05, 3.63) is 0 Å². The Morgan fingerprint density at radius 2 is 2.23 bits per heavy atom. The van der Waals surface area contributed by atoms with Gasteiger partial charge in [0.25, 0.3) is 0 Å². The number of nitrogens with one attached hydrogen (secondary N) is 3. The van der Waals surface area contributed by atoms with E-state index in [-0.39, 0.29) is 25.0 Å². The minimum Gasteiger partial charge on any atom is -0.395 e. The second-order valence-corrected chi connectivity index (χ2v) is 3.32. The Hall–Kier alpha value is -1.08. The average molecular weight is 202 g/mol. The summed E-state index contributed by atoms with van der Waals surface area (Å²) in [5.41, 5.74) is 0. The summed E-state index contributed by atoms with van der Waals surface area (Å²) in [6.07, 6.45) is -0.348. The van der Waals surface area contributed by atoms with E-state index >= 15 is 0 Å². The van der Waals surface area contributed by atoms with Crippen LogP contribution in [0.2, 0.25) is 0 Å². The van der Waals surface area contributed by atoms with Gasteiger partial charge in [-0.05, 0) is 12.2 Å². The summed E-state index contributed by atoms with van der Waals surface area (Å²) in [5, 5.41) is 17.8. The molecule has 72 valence electrons. The molecule has 2 saturated heterocycles. The molecule has 2 amide bonds. The van der Waals surface area contributed by atoms with Crippen LogP contribution in [0, 0.1) is 0 Å². The third-order valence-corrected chi connectivity index (χ3v) is 2.33. The molecule has 2 rings (SSSR count). The van der Waals surface area contributed by atoms with E-state index in [0.29, 0.717) is 11.7 Å². The van der Waals surface area contributed by atoms with Crippen molar-refractivity contribution < 1.29 is 9.90 Å². The summed E-state index contributed by atoms with van der Waals surface area (Å²) in [4.78, 5) is 12.8. The molecule has 0 bridgehead atoms. The number of fused-ring (bicyclic) bond motifs is 1. The van der Waals surface area contributed by atoms with Crippen LogP contribution in [0.4, 0.5) is 4.79 Å². The molecule has 0 aliphatic carbocycles. The number of thiocarbonyl (C=S) groups is 1. The van der Waals surface area contributed by atoms with Gasteiger partial charge in [0.15, 0.2) is 5.11 Å². The van der Waals surface area contributed by atoms with E-state index in [9.17, 15) is 4.79 Å². The molecule has 7 heteroatoms. The van der Waals surface area contributed by atoms with Crippen molar-refractivity contribution in [2.24, 2.45) is 0 Å². The first-order chi connectivity index (χ1) is 6.22. The first-order valence-electron chi connectivity index (χ1n) is 3.97. The van der Waals surface area contributed by atoms with Crippen LogP contribution in [0.15, 0.2) is 0 Å². The number of aliphatic hydroxyl groups is 1. The maximum atomic E-state index is 11.3. The molecule has 0 aromatic rings. The summed E-state index contributed by atoms with van der Waals surface area (Å²) in [6, 6.07) is -0.188. The SMILES string of the molecule is O=C1NC2NC(=S)NC2N1CCO. The first-order valence-corrected chi connectivity index (χ1v) is 4.38. The number of carbonyl (C=O) groups is 1. The Kier molecular flexibility index (Phi) is 1.97. The van der Waals surface area contributed by atoms with Crippen LogP contribution in [0.5, 0.6) is 0 Å². The van der Waals surface area contributed by atoms with Gasteiger partial charge in [-0.3, -0.25) is 4.90 Å². The van der Waals surface area contributed by atoms with Gasteiger partial charge in [-0.25, -0.2) is 4.79 Å². The lowest BCUT2D eigenvalue weighted by molar-refractivity contribution is 0.173. The van der Waals surface area contributed by atoms with Crippen molar-refractivity contribution >= 4 is 23.4 Å². The molecule has 2 aliphatic heterocycles. The van der Waals surface area contributed by atoms with E-state index < -0.39 is 0 Å². The number of nitrogens with zero attached hydrogens (tertiary/aromatic N) is 1. The molecule has 2 atom stereocenters. The Labute approximate surface area is 80.3 Å². The zero-order chi connectivity index (χ0) is 9.42. The first kappa shape index (κ1) is 8.52. The topological polar surface area (TPSA) is 76.6 Å². The number of rotatable bonds is 2. The summed E-state index contributed by atoms with van der Waals surface area (Å²) in [5.74, 6) is 0. The number of hydrogen-bond donors (Lipinski definition) is 4. The highest BCUT2D eigenvalue weighted by Gasteiger charge is 2.43. The van der Waals surface area contributed by atoms with E-state index in [1.165, 1.54) is 4.90 Å². The summed E-state index contributed by atoms with van der Waals surface area (Å²) in [7, 11) is 0. The summed E-state index contributed by atoms with van der Waals surface area (Å²) < 4.78 is 0. The van der Waals surface area contributed by atoms with Crippen LogP contribution < -0.4 is 16.0 Å². The van der Waals surface area contributed by atoms with E-state index in [2.05, 4.69) is 16.0 Å². The van der Waals surface area contributed by atoms with Crippen LogP contribution in [0.1, 0.15) is 0 Å². The lowest BCUT2D eigenvalue weighted by Crippen LogP contribution is -2.44. The molecule has 2 aliphatic rings. The minimum atomic E-state index is -0.188. The molecule has 0 radical (unpaired) electrons. The molecule has 0 saturated carbocycles. The quantitative estimate of drug-likeness (QED) is 0.395. The number of carbonyl (C=O) groups excluding carboxylic acids is 1. The fourth-order valence-corrected chi connectivity index (χ4v) is 1.79. The van der Waals surface area contributed by atoms with E-state index in [4.69, 9.17) is 17.3 Å². The second-order valence-electron chi connectivity index (χ2n) is 2.91. The lowest BCUT2D eigenvalue weighted by atomic mass is 10.4. The zero-order valence-corrected chi connectivity index (χ0v) is 7.60. The summed E-state index contributed by atoms with van der Waals surface area (Å²) in [6.45, 7) is 0.259. The van der Waals surface area contributed by atoms with Gasteiger partial charge in [-0.15, -0.1) is 0 Å². The van der Waals surface area contributed by atoms with Gasteiger partial charge in [0, 0.05) is 6.54 Å². The number of amides is 2. The highest BCUT2D eigenvalue weighted by atomic mass is 32.1. The highest BCUT2D eigenvalue weighted by molar-refractivity contribution is 7.80. The Balaban J connectivity index is 2.10. The van der Waals surface area contributed by atoms with Crippen molar-refractivity contribution in [3.8, 4) is 0 Å². The molecule has 13 heavy (non-hydrogen) atoms. The van der Waals surface area contributed by atoms with Crippen LogP contribution in [-0.4, -0.2) is 46.6 Å².